The number of rotatable bonds is 3. The SMILES string of the molecule is Cc1c(C(=O)O)n(CCO)c2ccc(Cl)cc2c1=O. The highest BCUT2D eigenvalue weighted by molar-refractivity contribution is 6.31. The summed E-state index contributed by atoms with van der Waals surface area (Å²) in [5.74, 6) is -1.19. The highest BCUT2D eigenvalue weighted by Gasteiger charge is 2.19. The van der Waals surface area contributed by atoms with Crippen LogP contribution in [0.25, 0.3) is 10.9 Å². The van der Waals surface area contributed by atoms with Gasteiger partial charge >= 0.3 is 5.97 Å². The number of carbonyl (C=O) groups is 1. The van der Waals surface area contributed by atoms with Crippen molar-refractivity contribution in [1.82, 2.24) is 4.57 Å². The van der Waals surface area contributed by atoms with E-state index in [4.69, 9.17) is 16.7 Å². The molecule has 1 heterocycles. The van der Waals surface area contributed by atoms with E-state index in [1.54, 1.807) is 12.1 Å². The van der Waals surface area contributed by atoms with Crippen molar-refractivity contribution in [2.45, 2.75) is 13.5 Å². The van der Waals surface area contributed by atoms with Crippen LogP contribution < -0.4 is 5.43 Å². The van der Waals surface area contributed by atoms with E-state index in [-0.39, 0.29) is 29.8 Å². The van der Waals surface area contributed by atoms with Gasteiger partial charge in [0.2, 0.25) is 0 Å². The van der Waals surface area contributed by atoms with Crippen LogP contribution in [0.1, 0.15) is 16.1 Å². The lowest BCUT2D eigenvalue weighted by molar-refractivity contribution is 0.0682. The number of aliphatic hydroxyl groups excluding tert-OH is 1. The van der Waals surface area contributed by atoms with Gasteiger partial charge in [-0.2, -0.15) is 0 Å². The van der Waals surface area contributed by atoms with Gasteiger partial charge < -0.3 is 14.8 Å². The van der Waals surface area contributed by atoms with Gasteiger partial charge in [-0.05, 0) is 25.1 Å². The molecule has 6 heteroatoms. The molecule has 0 atom stereocenters. The molecule has 2 aromatic rings. The van der Waals surface area contributed by atoms with Crippen LogP contribution in [0, 0.1) is 6.92 Å². The quantitative estimate of drug-likeness (QED) is 0.896. The number of aliphatic hydroxyl groups is 1. The molecule has 1 aromatic heterocycles. The minimum absolute atomic E-state index is 0.0981. The molecule has 0 fully saturated rings. The Morgan fingerprint density at radius 3 is 2.68 bits per heavy atom. The zero-order valence-corrected chi connectivity index (χ0v) is 10.9. The lowest BCUT2D eigenvalue weighted by Gasteiger charge is -2.15. The van der Waals surface area contributed by atoms with Gasteiger partial charge in [-0.25, -0.2) is 4.79 Å². The number of pyridine rings is 1. The zero-order valence-electron chi connectivity index (χ0n) is 10.2. The van der Waals surface area contributed by atoms with Crippen LogP contribution in [0.2, 0.25) is 5.02 Å². The van der Waals surface area contributed by atoms with E-state index in [2.05, 4.69) is 0 Å². The van der Waals surface area contributed by atoms with E-state index in [0.29, 0.717) is 15.9 Å². The van der Waals surface area contributed by atoms with E-state index in [9.17, 15) is 14.7 Å². The van der Waals surface area contributed by atoms with Gasteiger partial charge in [0, 0.05) is 22.5 Å². The average molecular weight is 282 g/mol. The number of fused-ring (bicyclic) bond motifs is 1. The lowest BCUT2D eigenvalue weighted by atomic mass is 10.1. The van der Waals surface area contributed by atoms with Gasteiger partial charge in [-0.15, -0.1) is 0 Å². The maximum absolute atomic E-state index is 12.2. The van der Waals surface area contributed by atoms with Crippen molar-refractivity contribution in [3.05, 3.63) is 44.7 Å². The van der Waals surface area contributed by atoms with Crippen molar-refractivity contribution in [3.63, 3.8) is 0 Å². The number of benzene rings is 1. The fraction of sp³-hybridized carbons (Fsp3) is 0.231. The molecule has 0 saturated heterocycles. The summed E-state index contributed by atoms with van der Waals surface area (Å²) in [6, 6.07) is 4.67. The highest BCUT2D eigenvalue weighted by atomic mass is 35.5. The van der Waals surface area contributed by atoms with E-state index >= 15 is 0 Å². The van der Waals surface area contributed by atoms with Crippen LogP contribution in [-0.4, -0.2) is 27.4 Å². The number of nitrogens with zero attached hydrogens (tertiary/aromatic N) is 1. The van der Waals surface area contributed by atoms with E-state index in [1.165, 1.54) is 17.6 Å². The lowest BCUT2D eigenvalue weighted by Crippen LogP contribution is -2.23. The third-order valence-corrected chi connectivity index (χ3v) is 3.22. The molecule has 100 valence electrons. The number of aromatic nitrogens is 1. The third kappa shape index (κ3) is 2.22. The van der Waals surface area contributed by atoms with Crippen molar-refractivity contribution >= 4 is 28.5 Å². The number of aromatic carboxylic acids is 1. The number of hydrogen-bond donors (Lipinski definition) is 2. The van der Waals surface area contributed by atoms with Crippen LogP contribution in [0.15, 0.2) is 23.0 Å². The molecule has 0 aliphatic rings. The van der Waals surface area contributed by atoms with Crippen molar-refractivity contribution in [1.29, 1.82) is 0 Å². The molecule has 0 saturated carbocycles. The summed E-state index contributed by atoms with van der Waals surface area (Å²) < 4.78 is 1.42. The molecule has 0 aliphatic heterocycles. The Morgan fingerprint density at radius 1 is 1.42 bits per heavy atom. The first-order valence-corrected chi connectivity index (χ1v) is 6.02. The Hall–Kier alpha value is -1.85. The van der Waals surface area contributed by atoms with Crippen molar-refractivity contribution in [3.8, 4) is 0 Å². The largest absolute Gasteiger partial charge is 0.477 e. The van der Waals surface area contributed by atoms with Crippen LogP contribution in [0.5, 0.6) is 0 Å². The van der Waals surface area contributed by atoms with Gasteiger partial charge in [0.25, 0.3) is 0 Å². The summed E-state index contributed by atoms with van der Waals surface area (Å²) >= 11 is 5.86. The van der Waals surface area contributed by atoms with Crippen LogP contribution >= 0.6 is 11.6 Å². The van der Waals surface area contributed by atoms with Gasteiger partial charge in [0.15, 0.2) is 5.43 Å². The Kier molecular flexibility index (Phi) is 3.59. The predicted molar refractivity (Wildman–Crippen MR) is 72.0 cm³/mol. The highest BCUT2D eigenvalue weighted by Crippen LogP contribution is 2.20. The first-order chi connectivity index (χ1) is 8.97. The molecule has 5 nitrogen and oxygen atoms in total. The number of carboxylic acid groups (broad SMARTS) is 1. The van der Waals surface area contributed by atoms with Crippen LogP contribution in [0.4, 0.5) is 0 Å². The minimum atomic E-state index is -1.19. The monoisotopic (exact) mass is 281 g/mol. The van der Waals surface area contributed by atoms with Crippen LogP contribution in [-0.2, 0) is 6.54 Å². The Morgan fingerprint density at radius 2 is 2.11 bits per heavy atom. The molecule has 2 rings (SSSR count). The van der Waals surface area contributed by atoms with Crippen molar-refractivity contribution in [2.24, 2.45) is 0 Å². The van der Waals surface area contributed by atoms with Crippen molar-refractivity contribution < 1.29 is 15.0 Å². The van der Waals surface area contributed by atoms with Crippen molar-refractivity contribution in [2.75, 3.05) is 6.61 Å². The minimum Gasteiger partial charge on any atom is -0.477 e. The molecule has 0 bridgehead atoms. The van der Waals surface area contributed by atoms with Gasteiger partial charge in [-0.1, -0.05) is 11.6 Å². The maximum atomic E-state index is 12.2. The van der Waals surface area contributed by atoms with E-state index < -0.39 is 5.97 Å². The number of halogens is 1. The first kappa shape index (κ1) is 13.6. The molecule has 0 spiro atoms. The Balaban J connectivity index is 2.99. The second-order valence-corrected chi connectivity index (χ2v) is 4.58. The Labute approximate surface area is 113 Å². The summed E-state index contributed by atoms with van der Waals surface area (Å²) in [6.45, 7) is 1.33. The summed E-state index contributed by atoms with van der Waals surface area (Å²) in [5.41, 5.74) is 0.125. The molecule has 0 radical (unpaired) electrons. The van der Waals surface area contributed by atoms with E-state index in [0.717, 1.165) is 0 Å². The molecule has 0 unspecified atom stereocenters. The molecule has 0 amide bonds. The summed E-state index contributed by atoms with van der Waals surface area (Å²) in [5, 5.41) is 19.1. The Bertz CT molecular complexity index is 721. The second kappa shape index (κ2) is 5.03. The summed E-state index contributed by atoms with van der Waals surface area (Å²) in [4.78, 5) is 23.5. The summed E-state index contributed by atoms with van der Waals surface area (Å²) in [6.07, 6.45) is 0. The third-order valence-electron chi connectivity index (χ3n) is 2.99. The first-order valence-electron chi connectivity index (χ1n) is 5.64. The maximum Gasteiger partial charge on any atom is 0.352 e. The molecule has 1 aromatic carbocycles. The standard InChI is InChI=1S/C13H12ClNO4/c1-7-11(13(18)19)15(4-5-16)10-3-2-8(14)6-9(10)12(7)17/h2-3,6,16H,4-5H2,1H3,(H,18,19). The zero-order chi connectivity index (χ0) is 14.2. The second-order valence-electron chi connectivity index (χ2n) is 4.14. The molecular weight excluding hydrogens is 270 g/mol. The fourth-order valence-corrected chi connectivity index (χ4v) is 2.34. The normalized spacial score (nSPS) is 10.9. The smallest absolute Gasteiger partial charge is 0.352 e. The van der Waals surface area contributed by atoms with Crippen LogP contribution in [0.3, 0.4) is 0 Å². The van der Waals surface area contributed by atoms with Gasteiger partial charge in [-0.3, -0.25) is 4.79 Å². The number of carboxylic acids is 1. The molecule has 0 aliphatic carbocycles. The predicted octanol–water partition coefficient (Wildman–Crippen LogP) is 1.65. The fourth-order valence-electron chi connectivity index (χ4n) is 2.17. The molecule has 2 N–H and O–H groups in total. The van der Waals surface area contributed by atoms with Gasteiger partial charge in [0.05, 0.1) is 12.1 Å². The molecule has 19 heavy (non-hydrogen) atoms. The van der Waals surface area contributed by atoms with E-state index in [1.807, 2.05) is 0 Å². The number of hydrogen-bond acceptors (Lipinski definition) is 3. The molecular formula is C13H12ClNO4. The average Bonchev–Trinajstić information content (AvgIpc) is 2.35. The summed E-state index contributed by atoms with van der Waals surface area (Å²) in [7, 11) is 0. The topological polar surface area (TPSA) is 79.5 Å². The van der Waals surface area contributed by atoms with Gasteiger partial charge in [0.1, 0.15) is 5.69 Å².